The van der Waals surface area contributed by atoms with Crippen LogP contribution >= 0.6 is 0 Å². The van der Waals surface area contributed by atoms with Gasteiger partial charge in [-0.3, -0.25) is 29.8 Å². The largest absolute Gasteiger partial charge is 0.314 e. The highest BCUT2D eigenvalue weighted by atomic mass is 16.6. The Morgan fingerprint density at radius 2 is 1.04 bits per heavy atom. The summed E-state index contributed by atoms with van der Waals surface area (Å²) in [5.74, 6) is -2.38. The van der Waals surface area contributed by atoms with Crippen LogP contribution in [-0.4, -0.2) is 21.7 Å². The maximum atomic E-state index is 11.9. The summed E-state index contributed by atoms with van der Waals surface area (Å²) >= 11 is 0. The molecule has 0 unspecified atom stereocenters. The average molecular weight is 330 g/mol. The minimum Gasteiger partial charge on any atom is -0.312 e. The van der Waals surface area contributed by atoms with Crippen molar-refractivity contribution in [1.29, 1.82) is 0 Å². The van der Waals surface area contributed by atoms with E-state index in [0.717, 1.165) is 12.1 Å². The fraction of sp³-hybridized carbons (Fsp3) is 0. The molecular weight excluding hydrogens is 320 g/mol. The summed E-state index contributed by atoms with van der Waals surface area (Å²) < 4.78 is 0. The summed E-state index contributed by atoms with van der Waals surface area (Å²) in [6, 6.07) is 10.5. The Kier molecular flexibility index (Phi) is 4.80. The van der Waals surface area contributed by atoms with E-state index >= 15 is 0 Å². The molecule has 2 aromatic rings. The summed E-state index contributed by atoms with van der Waals surface area (Å²) in [6.45, 7) is 0. The SMILES string of the molecule is O=C(Nc1ccccc1[N+](=O)[O-])C(=O)Nc1ccccc1[N+](=O)[O-]. The maximum absolute atomic E-state index is 11.9. The van der Waals surface area contributed by atoms with Gasteiger partial charge in [0.1, 0.15) is 11.4 Å². The first kappa shape index (κ1) is 16.5. The van der Waals surface area contributed by atoms with E-state index in [9.17, 15) is 29.8 Å². The van der Waals surface area contributed by atoms with Crippen LogP contribution in [0.15, 0.2) is 48.5 Å². The molecule has 2 aromatic carbocycles. The zero-order chi connectivity index (χ0) is 17.7. The van der Waals surface area contributed by atoms with Crippen molar-refractivity contribution in [1.82, 2.24) is 0 Å². The van der Waals surface area contributed by atoms with E-state index in [4.69, 9.17) is 0 Å². The molecule has 10 nitrogen and oxygen atoms in total. The van der Waals surface area contributed by atoms with Crippen LogP contribution in [0.3, 0.4) is 0 Å². The number of nitro groups is 2. The van der Waals surface area contributed by atoms with Gasteiger partial charge in [0.15, 0.2) is 0 Å². The van der Waals surface area contributed by atoms with Gasteiger partial charge in [0.25, 0.3) is 11.4 Å². The second-order valence-corrected chi connectivity index (χ2v) is 4.46. The van der Waals surface area contributed by atoms with Gasteiger partial charge < -0.3 is 10.6 Å². The average Bonchev–Trinajstić information content (AvgIpc) is 2.55. The number of hydrogen-bond donors (Lipinski definition) is 2. The highest BCUT2D eigenvalue weighted by Crippen LogP contribution is 2.24. The van der Waals surface area contributed by atoms with Gasteiger partial charge in [-0.1, -0.05) is 24.3 Å². The Balaban J connectivity index is 2.16. The third-order valence-electron chi connectivity index (χ3n) is 2.90. The lowest BCUT2D eigenvalue weighted by Gasteiger charge is -2.07. The number of carbonyl (C=O) groups excluding carboxylic acids is 2. The van der Waals surface area contributed by atoms with Crippen molar-refractivity contribution in [2.24, 2.45) is 0 Å². The first-order valence-electron chi connectivity index (χ1n) is 6.49. The number of nitrogens with one attached hydrogen (secondary N) is 2. The van der Waals surface area contributed by atoms with Crippen molar-refractivity contribution >= 4 is 34.6 Å². The zero-order valence-electron chi connectivity index (χ0n) is 12.0. The number of rotatable bonds is 4. The topological polar surface area (TPSA) is 144 Å². The van der Waals surface area contributed by atoms with Crippen molar-refractivity contribution < 1.29 is 19.4 Å². The molecule has 0 saturated heterocycles. The van der Waals surface area contributed by atoms with E-state index < -0.39 is 21.7 Å². The molecule has 122 valence electrons. The van der Waals surface area contributed by atoms with Crippen LogP contribution in [-0.2, 0) is 9.59 Å². The molecule has 0 radical (unpaired) electrons. The second-order valence-electron chi connectivity index (χ2n) is 4.46. The van der Waals surface area contributed by atoms with Crippen LogP contribution < -0.4 is 10.6 Å². The number of benzene rings is 2. The van der Waals surface area contributed by atoms with Gasteiger partial charge in [-0.25, -0.2) is 0 Å². The van der Waals surface area contributed by atoms with E-state index in [1.54, 1.807) is 0 Å². The van der Waals surface area contributed by atoms with E-state index in [0.29, 0.717) is 0 Å². The Labute approximate surface area is 134 Å². The molecule has 0 bridgehead atoms. The number of nitrogens with zero attached hydrogens (tertiary/aromatic N) is 2. The normalized spacial score (nSPS) is 9.83. The van der Waals surface area contributed by atoms with Crippen molar-refractivity contribution in [3.63, 3.8) is 0 Å². The molecule has 0 saturated carbocycles. The third-order valence-corrected chi connectivity index (χ3v) is 2.90. The fourth-order valence-electron chi connectivity index (χ4n) is 1.84. The Hall–Kier alpha value is -3.82. The van der Waals surface area contributed by atoms with Gasteiger partial charge in [0.2, 0.25) is 0 Å². The number of carbonyl (C=O) groups is 2. The molecule has 2 amide bonds. The molecule has 0 atom stereocenters. The fourth-order valence-corrected chi connectivity index (χ4v) is 1.84. The van der Waals surface area contributed by atoms with Gasteiger partial charge in [0, 0.05) is 12.1 Å². The second kappa shape index (κ2) is 6.96. The molecule has 0 spiro atoms. The predicted molar refractivity (Wildman–Crippen MR) is 83.5 cm³/mol. The predicted octanol–water partition coefficient (Wildman–Crippen LogP) is 2.08. The van der Waals surface area contributed by atoms with Crippen LogP contribution in [0.25, 0.3) is 0 Å². The molecule has 0 aliphatic carbocycles. The maximum Gasteiger partial charge on any atom is 0.314 e. The smallest absolute Gasteiger partial charge is 0.312 e. The van der Waals surface area contributed by atoms with Crippen LogP contribution in [0.1, 0.15) is 0 Å². The zero-order valence-corrected chi connectivity index (χ0v) is 12.0. The molecule has 0 heterocycles. The van der Waals surface area contributed by atoms with Crippen molar-refractivity contribution in [3.8, 4) is 0 Å². The van der Waals surface area contributed by atoms with E-state index in [-0.39, 0.29) is 22.7 Å². The summed E-state index contributed by atoms with van der Waals surface area (Å²) in [5, 5.41) is 25.9. The highest BCUT2D eigenvalue weighted by Gasteiger charge is 2.22. The van der Waals surface area contributed by atoms with Crippen molar-refractivity contribution in [2.45, 2.75) is 0 Å². The summed E-state index contributed by atoms with van der Waals surface area (Å²) in [4.78, 5) is 44.0. The molecule has 2 N–H and O–H groups in total. The number of para-hydroxylation sites is 4. The monoisotopic (exact) mass is 330 g/mol. The first-order chi connectivity index (χ1) is 11.4. The van der Waals surface area contributed by atoms with Gasteiger partial charge in [0.05, 0.1) is 9.85 Å². The molecule has 24 heavy (non-hydrogen) atoms. The Bertz CT molecular complexity index is 766. The molecule has 2 rings (SSSR count). The number of anilines is 2. The standard InChI is InChI=1S/C14H10N4O6/c19-13(15-9-5-1-3-7-11(9)17(21)22)14(20)16-10-6-2-4-8-12(10)18(23)24/h1-8H,(H,15,19)(H,16,20). The van der Waals surface area contributed by atoms with Crippen LogP contribution in [0.5, 0.6) is 0 Å². The lowest BCUT2D eigenvalue weighted by Crippen LogP contribution is -2.29. The Morgan fingerprint density at radius 1 is 0.708 bits per heavy atom. The molecule has 0 aliphatic heterocycles. The number of nitro benzene ring substituents is 2. The third kappa shape index (κ3) is 3.68. The van der Waals surface area contributed by atoms with Crippen LogP contribution in [0.2, 0.25) is 0 Å². The van der Waals surface area contributed by atoms with Gasteiger partial charge in [-0.05, 0) is 12.1 Å². The highest BCUT2D eigenvalue weighted by molar-refractivity contribution is 6.44. The molecule has 10 heteroatoms. The van der Waals surface area contributed by atoms with E-state index in [1.807, 2.05) is 0 Å². The molecule has 0 aliphatic rings. The number of hydrogen-bond acceptors (Lipinski definition) is 6. The van der Waals surface area contributed by atoms with Crippen LogP contribution in [0.4, 0.5) is 22.7 Å². The van der Waals surface area contributed by atoms with Gasteiger partial charge >= 0.3 is 11.8 Å². The molecule has 0 fully saturated rings. The van der Waals surface area contributed by atoms with Gasteiger partial charge in [-0.15, -0.1) is 0 Å². The van der Waals surface area contributed by atoms with E-state index in [1.165, 1.54) is 36.4 Å². The van der Waals surface area contributed by atoms with Gasteiger partial charge in [-0.2, -0.15) is 0 Å². The quantitative estimate of drug-likeness (QED) is 0.499. The van der Waals surface area contributed by atoms with Crippen molar-refractivity contribution in [2.75, 3.05) is 10.6 Å². The van der Waals surface area contributed by atoms with Crippen molar-refractivity contribution in [3.05, 3.63) is 68.8 Å². The summed E-state index contributed by atoms with van der Waals surface area (Å²) in [7, 11) is 0. The minimum atomic E-state index is -1.19. The lowest BCUT2D eigenvalue weighted by atomic mass is 10.2. The number of amides is 2. The molecular formula is C14H10N4O6. The molecule has 0 aromatic heterocycles. The summed E-state index contributed by atoms with van der Waals surface area (Å²) in [5.41, 5.74) is -1.09. The first-order valence-corrected chi connectivity index (χ1v) is 6.49. The minimum absolute atomic E-state index is 0.162. The van der Waals surface area contributed by atoms with Crippen LogP contribution in [0, 0.1) is 20.2 Å². The Morgan fingerprint density at radius 3 is 1.38 bits per heavy atom. The summed E-state index contributed by atoms with van der Waals surface area (Å²) in [6.07, 6.45) is 0. The lowest BCUT2D eigenvalue weighted by molar-refractivity contribution is -0.384. The van der Waals surface area contributed by atoms with E-state index in [2.05, 4.69) is 10.6 Å².